The first-order valence-corrected chi connectivity index (χ1v) is 5.94. The molecule has 82 valence electrons. The minimum absolute atomic E-state index is 0.826. The first-order valence-electron chi connectivity index (χ1n) is 5.31. The van der Waals surface area contributed by atoms with Gasteiger partial charge in [0.05, 0.1) is 0 Å². The molecule has 1 rings (SSSR count). The summed E-state index contributed by atoms with van der Waals surface area (Å²) in [6.07, 6.45) is 5.37. The standard InChI is InChI=1S/C13H19NS/c1-14(10-5-6-12-15)11-9-13-7-3-2-4-8-13/h2-8,15H,9-12H2,1H3. The largest absolute Gasteiger partial charge is 0.302 e. The van der Waals surface area contributed by atoms with Crippen LogP contribution in [0.2, 0.25) is 0 Å². The molecule has 0 saturated carbocycles. The van der Waals surface area contributed by atoms with E-state index in [1.54, 1.807) is 0 Å². The Balaban J connectivity index is 2.22. The summed E-state index contributed by atoms with van der Waals surface area (Å²) in [6, 6.07) is 10.6. The van der Waals surface area contributed by atoms with Crippen LogP contribution in [0, 0.1) is 0 Å². The lowest BCUT2D eigenvalue weighted by molar-refractivity contribution is 0.375. The number of hydrogen-bond acceptors (Lipinski definition) is 2. The molecule has 0 bridgehead atoms. The van der Waals surface area contributed by atoms with Crippen molar-refractivity contribution in [1.82, 2.24) is 4.90 Å². The molecule has 0 aliphatic heterocycles. The van der Waals surface area contributed by atoms with Gasteiger partial charge >= 0.3 is 0 Å². The Kier molecular flexibility index (Phi) is 6.21. The highest BCUT2D eigenvalue weighted by molar-refractivity contribution is 7.80. The Morgan fingerprint density at radius 3 is 2.60 bits per heavy atom. The first-order chi connectivity index (χ1) is 7.33. The number of thiol groups is 1. The third kappa shape index (κ3) is 5.65. The van der Waals surface area contributed by atoms with E-state index in [0.717, 1.165) is 25.3 Å². The number of benzene rings is 1. The van der Waals surface area contributed by atoms with Crippen molar-refractivity contribution in [2.24, 2.45) is 0 Å². The molecular formula is C13H19NS. The summed E-state index contributed by atoms with van der Waals surface area (Å²) in [5.74, 6) is 0.826. The Bertz CT molecular complexity index is 282. The zero-order valence-electron chi connectivity index (χ0n) is 9.26. The van der Waals surface area contributed by atoms with Crippen LogP contribution in [0.5, 0.6) is 0 Å². The summed E-state index contributed by atoms with van der Waals surface area (Å²) in [4.78, 5) is 2.31. The monoisotopic (exact) mass is 221 g/mol. The van der Waals surface area contributed by atoms with Crippen molar-refractivity contribution in [3.05, 3.63) is 48.0 Å². The molecule has 1 aromatic carbocycles. The average Bonchev–Trinajstić information content (AvgIpc) is 2.28. The second-order valence-corrected chi connectivity index (χ2v) is 4.02. The molecule has 0 aliphatic carbocycles. The smallest absolute Gasteiger partial charge is 0.0160 e. The van der Waals surface area contributed by atoms with E-state index in [1.807, 2.05) is 0 Å². The predicted molar refractivity (Wildman–Crippen MR) is 70.6 cm³/mol. The minimum Gasteiger partial charge on any atom is -0.302 e. The van der Waals surface area contributed by atoms with Gasteiger partial charge in [-0.05, 0) is 19.0 Å². The highest BCUT2D eigenvalue weighted by atomic mass is 32.1. The predicted octanol–water partition coefficient (Wildman–Crippen LogP) is 2.65. The van der Waals surface area contributed by atoms with Crippen molar-refractivity contribution >= 4 is 12.6 Å². The number of nitrogens with zero attached hydrogens (tertiary/aromatic N) is 1. The quantitative estimate of drug-likeness (QED) is 0.571. The van der Waals surface area contributed by atoms with E-state index in [0.29, 0.717) is 0 Å². The van der Waals surface area contributed by atoms with E-state index >= 15 is 0 Å². The molecule has 2 heteroatoms. The van der Waals surface area contributed by atoms with Crippen LogP contribution in [0.3, 0.4) is 0 Å². The van der Waals surface area contributed by atoms with Crippen LogP contribution in [0.1, 0.15) is 5.56 Å². The molecule has 0 unspecified atom stereocenters. The zero-order chi connectivity index (χ0) is 10.9. The van der Waals surface area contributed by atoms with Gasteiger partial charge in [-0.25, -0.2) is 0 Å². The van der Waals surface area contributed by atoms with Crippen molar-refractivity contribution in [3.8, 4) is 0 Å². The molecule has 0 atom stereocenters. The molecule has 0 N–H and O–H groups in total. The molecule has 0 aromatic heterocycles. The second kappa shape index (κ2) is 7.55. The zero-order valence-corrected chi connectivity index (χ0v) is 10.2. The van der Waals surface area contributed by atoms with E-state index in [1.165, 1.54) is 5.56 Å². The van der Waals surface area contributed by atoms with E-state index < -0.39 is 0 Å². The van der Waals surface area contributed by atoms with Gasteiger partial charge in [0, 0.05) is 18.8 Å². The number of hydrogen-bond donors (Lipinski definition) is 1. The van der Waals surface area contributed by atoms with Crippen LogP contribution in [0.25, 0.3) is 0 Å². The second-order valence-electron chi connectivity index (χ2n) is 3.65. The van der Waals surface area contributed by atoms with Crippen molar-refractivity contribution in [2.45, 2.75) is 6.42 Å². The van der Waals surface area contributed by atoms with E-state index in [9.17, 15) is 0 Å². The maximum atomic E-state index is 4.13. The van der Waals surface area contributed by atoms with Gasteiger partial charge < -0.3 is 4.90 Å². The fraction of sp³-hybridized carbons (Fsp3) is 0.385. The average molecular weight is 221 g/mol. The molecular weight excluding hydrogens is 202 g/mol. The van der Waals surface area contributed by atoms with Crippen LogP contribution in [-0.2, 0) is 6.42 Å². The van der Waals surface area contributed by atoms with Crippen LogP contribution in [0.4, 0.5) is 0 Å². The molecule has 0 amide bonds. The minimum atomic E-state index is 0.826. The maximum Gasteiger partial charge on any atom is 0.0160 e. The molecule has 0 aliphatic rings. The van der Waals surface area contributed by atoms with Gasteiger partial charge in [-0.3, -0.25) is 0 Å². The van der Waals surface area contributed by atoms with Crippen molar-refractivity contribution in [1.29, 1.82) is 0 Å². The third-order valence-corrected chi connectivity index (χ3v) is 2.53. The summed E-state index contributed by atoms with van der Waals surface area (Å²) < 4.78 is 0. The lowest BCUT2D eigenvalue weighted by atomic mass is 10.1. The van der Waals surface area contributed by atoms with Crippen molar-refractivity contribution in [3.63, 3.8) is 0 Å². The summed E-state index contributed by atoms with van der Waals surface area (Å²) in [5.41, 5.74) is 1.41. The van der Waals surface area contributed by atoms with Crippen LogP contribution < -0.4 is 0 Å². The molecule has 0 spiro atoms. The summed E-state index contributed by atoms with van der Waals surface area (Å²) >= 11 is 4.13. The van der Waals surface area contributed by atoms with Gasteiger partial charge in [0.25, 0.3) is 0 Å². The SMILES string of the molecule is CN(CC=CCS)CCc1ccccc1. The molecule has 15 heavy (non-hydrogen) atoms. The van der Waals surface area contributed by atoms with Crippen LogP contribution in [0.15, 0.2) is 42.5 Å². The van der Waals surface area contributed by atoms with Gasteiger partial charge in [0.15, 0.2) is 0 Å². The topological polar surface area (TPSA) is 3.24 Å². The highest BCUT2D eigenvalue weighted by Crippen LogP contribution is 2.00. The van der Waals surface area contributed by atoms with Crippen molar-refractivity contribution < 1.29 is 0 Å². The lowest BCUT2D eigenvalue weighted by Gasteiger charge is -2.13. The molecule has 0 heterocycles. The Hall–Kier alpha value is -0.730. The Morgan fingerprint density at radius 2 is 1.93 bits per heavy atom. The van der Waals surface area contributed by atoms with Gasteiger partial charge in [-0.2, -0.15) is 12.6 Å². The van der Waals surface area contributed by atoms with Crippen LogP contribution in [-0.4, -0.2) is 30.8 Å². The number of likely N-dealkylation sites (N-methyl/N-ethyl adjacent to an activating group) is 1. The van der Waals surface area contributed by atoms with Gasteiger partial charge in [-0.15, -0.1) is 0 Å². The van der Waals surface area contributed by atoms with E-state index in [4.69, 9.17) is 0 Å². The van der Waals surface area contributed by atoms with Gasteiger partial charge in [-0.1, -0.05) is 42.5 Å². The van der Waals surface area contributed by atoms with E-state index in [2.05, 4.69) is 67.1 Å². The maximum absolute atomic E-state index is 4.13. The molecule has 1 nitrogen and oxygen atoms in total. The Morgan fingerprint density at radius 1 is 1.20 bits per heavy atom. The normalized spacial score (nSPS) is 11.4. The van der Waals surface area contributed by atoms with Gasteiger partial charge in [0.1, 0.15) is 0 Å². The molecule has 0 saturated heterocycles. The Labute approximate surface area is 98.2 Å². The summed E-state index contributed by atoms with van der Waals surface area (Å²) in [6.45, 7) is 2.11. The molecule has 1 aromatic rings. The first kappa shape index (κ1) is 12.3. The summed E-state index contributed by atoms with van der Waals surface area (Å²) in [7, 11) is 2.14. The lowest BCUT2D eigenvalue weighted by Crippen LogP contribution is -2.21. The fourth-order valence-electron chi connectivity index (χ4n) is 1.38. The van der Waals surface area contributed by atoms with Crippen LogP contribution >= 0.6 is 12.6 Å². The van der Waals surface area contributed by atoms with Crippen molar-refractivity contribution in [2.75, 3.05) is 25.9 Å². The summed E-state index contributed by atoms with van der Waals surface area (Å²) in [5, 5.41) is 0. The molecule has 0 radical (unpaired) electrons. The highest BCUT2D eigenvalue weighted by Gasteiger charge is 1.96. The van der Waals surface area contributed by atoms with E-state index in [-0.39, 0.29) is 0 Å². The number of rotatable bonds is 6. The molecule has 0 fully saturated rings. The van der Waals surface area contributed by atoms with Gasteiger partial charge in [0.2, 0.25) is 0 Å². The fourth-order valence-corrected chi connectivity index (χ4v) is 1.53. The third-order valence-electron chi connectivity index (χ3n) is 2.31.